The van der Waals surface area contributed by atoms with Crippen LogP contribution in [-0.2, 0) is 0 Å². The zero-order valence-electron chi connectivity index (χ0n) is 8.81. The van der Waals surface area contributed by atoms with E-state index in [2.05, 4.69) is 0 Å². The Morgan fingerprint density at radius 1 is 1.60 bits per heavy atom. The minimum atomic E-state index is -1.13. The average molecular weight is 206 g/mol. The molecule has 1 heterocycles. The van der Waals surface area contributed by atoms with Crippen molar-refractivity contribution in [2.75, 3.05) is 0 Å². The number of aliphatic hydroxyl groups excluding tert-OH is 1. The van der Waals surface area contributed by atoms with Crippen LogP contribution in [0.2, 0.25) is 0 Å². The van der Waals surface area contributed by atoms with E-state index >= 15 is 0 Å². The highest BCUT2D eigenvalue weighted by molar-refractivity contribution is 5.98. The maximum absolute atomic E-state index is 11.6. The largest absolute Gasteiger partial charge is 0.461 e. The Bertz CT molecular complexity index is 372. The summed E-state index contributed by atoms with van der Waals surface area (Å²) in [4.78, 5) is 11.6. The zero-order chi connectivity index (χ0) is 11.3. The standard InChI is InChI=1S/C12H14O3/c1-3-4-6-9(2)11(13)12(14)10-7-5-8-15-10/h3-8,11,13H,1-2H3/b4-3-,9-6+. The van der Waals surface area contributed by atoms with Crippen LogP contribution < -0.4 is 0 Å². The highest BCUT2D eigenvalue weighted by Crippen LogP contribution is 2.10. The van der Waals surface area contributed by atoms with Gasteiger partial charge in [0, 0.05) is 0 Å². The third-order valence-electron chi connectivity index (χ3n) is 2.00. The van der Waals surface area contributed by atoms with Crippen molar-refractivity contribution < 1.29 is 14.3 Å². The third kappa shape index (κ3) is 2.92. The molecule has 0 saturated carbocycles. The summed E-state index contributed by atoms with van der Waals surface area (Å²) in [5, 5.41) is 9.67. The molecule has 0 fully saturated rings. The molecule has 0 spiro atoms. The lowest BCUT2D eigenvalue weighted by Crippen LogP contribution is -2.21. The fourth-order valence-electron chi connectivity index (χ4n) is 1.10. The maximum Gasteiger partial charge on any atom is 0.230 e. The number of hydrogen-bond acceptors (Lipinski definition) is 3. The smallest absolute Gasteiger partial charge is 0.230 e. The van der Waals surface area contributed by atoms with E-state index in [4.69, 9.17) is 4.42 Å². The molecule has 1 atom stereocenters. The van der Waals surface area contributed by atoms with Crippen molar-refractivity contribution in [2.45, 2.75) is 20.0 Å². The number of carbonyl (C=O) groups is 1. The topological polar surface area (TPSA) is 50.4 Å². The van der Waals surface area contributed by atoms with Crippen LogP contribution in [0.3, 0.4) is 0 Å². The summed E-state index contributed by atoms with van der Waals surface area (Å²) >= 11 is 0. The highest BCUT2D eigenvalue weighted by Gasteiger charge is 2.20. The number of allylic oxidation sites excluding steroid dienone is 3. The third-order valence-corrected chi connectivity index (χ3v) is 2.00. The van der Waals surface area contributed by atoms with Gasteiger partial charge in [0.15, 0.2) is 5.76 Å². The predicted molar refractivity (Wildman–Crippen MR) is 57.6 cm³/mol. The minimum Gasteiger partial charge on any atom is -0.461 e. The number of furan rings is 1. The lowest BCUT2D eigenvalue weighted by atomic mass is 10.1. The van der Waals surface area contributed by atoms with Crippen molar-refractivity contribution in [3.8, 4) is 0 Å². The van der Waals surface area contributed by atoms with Gasteiger partial charge in [-0.15, -0.1) is 0 Å². The molecular formula is C12H14O3. The molecule has 3 heteroatoms. The molecule has 0 bridgehead atoms. The predicted octanol–water partition coefficient (Wildman–Crippen LogP) is 2.35. The van der Waals surface area contributed by atoms with Crippen molar-refractivity contribution >= 4 is 5.78 Å². The molecule has 3 nitrogen and oxygen atoms in total. The van der Waals surface area contributed by atoms with Crippen LogP contribution in [0.15, 0.2) is 46.6 Å². The first kappa shape index (κ1) is 11.5. The molecule has 0 radical (unpaired) electrons. The lowest BCUT2D eigenvalue weighted by molar-refractivity contribution is 0.0776. The van der Waals surface area contributed by atoms with Crippen LogP contribution in [0.5, 0.6) is 0 Å². The van der Waals surface area contributed by atoms with Crippen molar-refractivity contribution in [3.05, 3.63) is 48.0 Å². The molecule has 15 heavy (non-hydrogen) atoms. The molecule has 0 saturated heterocycles. The van der Waals surface area contributed by atoms with E-state index in [1.165, 1.54) is 12.3 Å². The number of ketones is 1. The molecule has 80 valence electrons. The molecule has 0 aliphatic rings. The average Bonchev–Trinajstić information content (AvgIpc) is 2.77. The van der Waals surface area contributed by atoms with E-state index in [1.54, 1.807) is 25.1 Å². The van der Waals surface area contributed by atoms with Gasteiger partial charge in [-0.2, -0.15) is 0 Å². The minimum absolute atomic E-state index is 0.177. The first-order valence-electron chi connectivity index (χ1n) is 4.72. The van der Waals surface area contributed by atoms with Crippen molar-refractivity contribution in [1.82, 2.24) is 0 Å². The SMILES string of the molecule is C/C=C\C=C(/C)C(O)C(=O)c1ccco1. The number of hydrogen-bond donors (Lipinski definition) is 1. The van der Waals surface area contributed by atoms with E-state index in [-0.39, 0.29) is 5.76 Å². The molecule has 0 aromatic carbocycles. The summed E-state index contributed by atoms with van der Waals surface area (Å²) < 4.78 is 4.92. The zero-order valence-corrected chi connectivity index (χ0v) is 8.81. The van der Waals surface area contributed by atoms with Gasteiger partial charge < -0.3 is 9.52 Å². The van der Waals surface area contributed by atoms with Crippen molar-refractivity contribution in [1.29, 1.82) is 0 Å². The molecular weight excluding hydrogens is 192 g/mol. The monoisotopic (exact) mass is 206 g/mol. The van der Waals surface area contributed by atoms with Gasteiger partial charge in [0.2, 0.25) is 5.78 Å². The van der Waals surface area contributed by atoms with E-state index < -0.39 is 11.9 Å². The normalized spacial score (nSPS) is 14.5. The van der Waals surface area contributed by atoms with Gasteiger partial charge in [0.1, 0.15) is 6.10 Å². The van der Waals surface area contributed by atoms with Crippen LogP contribution in [-0.4, -0.2) is 17.0 Å². The fraction of sp³-hybridized carbons (Fsp3) is 0.250. The molecule has 1 unspecified atom stereocenters. The van der Waals surface area contributed by atoms with Gasteiger partial charge in [0.25, 0.3) is 0 Å². The first-order valence-corrected chi connectivity index (χ1v) is 4.72. The second kappa shape index (κ2) is 5.32. The van der Waals surface area contributed by atoms with Crippen LogP contribution in [0, 0.1) is 0 Å². The summed E-state index contributed by atoms with van der Waals surface area (Å²) in [5.74, 6) is -0.242. The summed E-state index contributed by atoms with van der Waals surface area (Å²) in [6.45, 7) is 3.57. The van der Waals surface area contributed by atoms with Crippen LogP contribution in [0.4, 0.5) is 0 Å². The van der Waals surface area contributed by atoms with Gasteiger partial charge in [-0.05, 0) is 31.6 Å². The Labute approximate surface area is 88.7 Å². The summed E-state index contributed by atoms with van der Waals surface area (Å²) in [7, 11) is 0. The van der Waals surface area contributed by atoms with Gasteiger partial charge >= 0.3 is 0 Å². The van der Waals surface area contributed by atoms with Crippen LogP contribution in [0.1, 0.15) is 24.4 Å². The van der Waals surface area contributed by atoms with Crippen LogP contribution >= 0.6 is 0 Å². The molecule has 0 amide bonds. The quantitative estimate of drug-likeness (QED) is 0.607. The Balaban J connectivity index is 2.77. The fourth-order valence-corrected chi connectivity index (χ4v) is 1.10. The highest BCUT2D eigenvalue weighted by atomic mass is 16.3. The van der Waals surface area contributed by atoms with Crippen molar-refractivity contribution in [3.63, 3.8) is 0 Å². The first-order chi connectivity index (χ1) is 7.16. The lowest BCUT2D eigenvalue weighted by Gasteiger charge is -2.07. The van der Waals surface area contributed by atoms with E-state index in [9.17, 15) is 9.90 Å². The Morgan fingerprint density at radius 2 is 2.33 bits per heavy atom. The summed E-state index contributed by atoms with van der Waals surface area (Å²) in [5.41, 5.74) is 0.592. The number of aliphatic hydroxyl groups is 1. The van der Waals surface area contributed by atoms with Gasteiger partial charge in [-0.25, -0.2) is 0 Å². The number of Topliss-reactive ketones (excluding diaryl/α,β-unsaturated/α-hetero) is 1. The molecule has 1 N–H and O–H groups in total. The number of rotatable bonds is 4. The summed E-state index contributed by atoms with van der Waals surface area (Å²) in [6, 6.07) is 3.15. The molecule has 0 aliphatic carbocycles. The Kier molecular flexibility index (Phi) is 4.06. The van der Waals surface area contributed by atoms with Gasteiger partial charge in [-0.3, -0.25) is 4.79 Å². The second-order valence-corrected chi connectivity index (χ2v) is 3.18. The van der Waals surface area contributed by atoms with Crippen molar-refractivity contribution in [2.24, 2.45) is 0 Å². The molecule has 1 aromatic heterocycles. The van der Waals surface area contributed by atoms with Crippen LogP contribution in [0.25, 0.3) is 0 Å². The molecule has 0 aliphatic heterocycles. The van der Waals surface area contributed by atoms with Gasteiger partial charge in [-0.1, -0.05) is 18.2 Å². The maximum atomic E-state index is 11.6. The van der Waals surface area contributed by atoms with E-state index in [0.717, 1.165) is 0 Å². The Hall–Kier alpha value is -1.61. The van der Waals surface area contributed by atoms with Gasteiger partial charge in [0.05, 0.1) is 6.26 Å². The number of carbonyl (C=O) groups excluding carboxylic acids is 1. The molecule has 1 aromatic rings. The molecule has 1 rings (SSSR count). The van der Waals surface area contributed by atoms with E-state index in [1.807, 2.05) is 13.0 Å². The Morgan fingerprint density at radius 3 is 2.87 bits per heavy atom. The van der Waals surface area contributed by atoms with E-state index in [0.29, 0.717) is 5.57 Å². The summed E-state index contributed by atoms with van der Waals surface area (Å²) in [6.07, 6.45) is 5.57. The second-order valence-electron chi connectivity index (χ2n) is 3.18.